The van der Waals surface area contributed by atoms with Gasteiger partial charge in [-0.15, -0.1) is 0 Å². The number of fused-ring (bicyclic) bond motifs is 1. The zero-order valence-electron chi connectivity index (χ0n) is 14.4. The van der Waals surface area contributed by atoms with Gasteiger partial charge in [0.1, 0.15) is 13.2 Å². The van der Waals surface area contributed by atoms with Crippen LogP contribution >= 0.6 is 0 Å². The molecule has 1 aliphatic rings. The molecule has 0 fully saturated rings. The zero-order valence-corrected chi connectivity index (χ0v) is 15.2. The van der Waals surface area contributed by atoms with Crippen LogP contribution < -0.4 is 14.0 Å². The summed E-state index contributed by atoms with van der Waals surface area (Å²) >= 11 is 5.41. The highest BCUT2D eigenvalue weighted by atomic mass is 32.1. The summed E-state index contributed by atoms with van der Waals surface area (Å²) in [6, 6.07) is 7.89. The SMILES string of the molecule is CCN=C([S-])C(C(=O)c1ccc2c(c1)OCCO2)[n+]1cccc(CO)c1. The Balaban J connectivity index is 2.01. The maximum absolute atomic E-state index is 13.2. The largest absolute Gasteiger partial charge is 0.758 e. The van der Waals surface area contributed by atoms with E-state index in [1.807, 2.05) is 6.92 Å². The fourth-order valence-corrected chi connectivity index (χ4v) is 3.13. The van der Waals surface area contributed by atoms with Crippen LogP contribution in [0.25, 0.3) is 0 Å². The first-order valence-corrected chi connectivity index (χ1v) is 8.80. The zero-order chi connectivity index (χ0) is 18.5. The quantitative estimate of drug-likeness (QED) is 0.274. The highest BCUT2D eigenvalue weighted by Gasteiger charge is 2.29. The lowest BCUT2D eigenvalue weighted by Crippen LogP contribution is -2.48. The minimum atomic E-state index is -0.765. The Kier molecular flexibility index (Phi) is 5.80. The van der Waals surface area contributed by atoms with Crippen molar-refractivity contribution in [3.05, 3.63) is 53.9 Å². The number of Topliss-reactive ketones (excluding diaryl/α,β-unsaturated/α-hetero) is 1. The lowest BCUT2D eigenvalue weighted by molar-refractivity contribution is -0.692. The van der Waals surface area contributed by atoms with E-state index in [1.54, 1.807) is 47.3 Å². The van der Waals surface area contributed by atoms with Crippen LogP contribution in [0, 0.1) is 0 Å². The average molecular weight is 372 g/mol. The van der Waals surface area contributed by atoms with E-state index in [9.17, 15) is 9.90 Å². The molecule has 1 atom stereocenters. The molecule has 1 aromatic carbocycles. The molecule has 0 bridgehead atoms. The molecule has 3 rings (SSSR count). The molecule has 7 heteroatoms. The molecule has 1 aliphatic heterocycles. The molecule has 2 heterocycles. The summed E-state index contributed by atoms with van der Waals surface area (Å²) < 4.78 is 12.8. The Hall–Kier alpha value is -2.51. The lowest BCUT2D eigenvalue weighted by atomic mass is 10.0. The van der Waals surface area contributed by atoms with Crippen LogP contribution in [0.2, 0.25) is 0 Å². The highest BCUT2D eigenvalue weighted by molar-refractivity contribution is 7.77. The Labute approximate surface area is 157 Å². The van der Waals surface area contributed by atoms with E-state index in [2.05, 4.69) is 4.99 Å². The first kappa shape index (κ1) is 18.3. The number of rotatable bonds is 6. The number of aliphatic hydroxyl groups is 1. The van der Waals surface area contributed by atoms with E-state index >= 15 is 0 Å². The van der Waals surface area contributed by atoms with Gasteiger partial charge in [0.05, 0.1) is 6.61 Å². The number of aliphatic imine (C=N–C) groups is 1. The van der Waals surface area contributed by atoms with Gasteiger partial charge in [0.15, 0.2) is 23.9 Å². The number of ether oxygens (including phenoxy) is 2. The van der Waals surface area contributed by atoms with Crippen molar-refractivity contribution in [1.29, 1.82) is 0 Å². The molecule has 2 aromatic rings. The molecular formula is C19H20N2O4S. The topological polar surface area (TPSA) is 72.0 Å². The summed E-state index contributed by atoms with van der Waals surface area (Å²) in [7, 11) is 0. The fraction of sp³-hybridized carbons (Fsp3) is 0.316. The number of hydrogen-bond donors (Lipinski definition) is 1. The summed E-state index contributed by atoms with van der Waals surface area (Å²) in [5.74, 6) is 0.984. The highest BCUT2D eigenvalue weighted by Crippen LogP contribution is 2.31. The summed E-state index contributed by atoms with van der Waals surface area (Å²) in [5, 5.41) is 9.69. The Bertz CT molecular complexity index is 838. The molecule has 1 aromatic heterocycles. The molecule has 6 nitrogen and oxygen atoms in total. The van der Waals surface area contributed by atoms with Gasteiger partial charge in [-0.05, 0) is 36.2 Å². The number of carbonyl (C=O) groups is 1. The van der Waals surface area contributed by atoms with Crippen LogP contribution in [0.1, 0.15) is 28.9 Å². The third-order valence-electron chi connectivity index (χ3n) is 3.99. The Morgan fingerprint density at radius 2 is 2.08 bits per heavy atom. The monoisotopic (exact) mass is 372 g/mol. The van der Waals surface area contributed by atoms with E-state index in [-0.39, 0.29) is 12.4 Å². The summed E-state index contributed by atoms with van der Waals surface area (Å²) in [6.07, 6.45) is 3.45. The molecule has 0 radical (unpaired) electrons. The van der Waals surface area contributed by atoms with Gasteiger partial charge in [0.2, 0.25) is 11.8 Å². The summed E-state index contributed by atoms with van der Waals surface area (Å²) in [4.78, 5) is 17.5. The number of hydrogen-bond acceptors (Lipinski definition) is 6. The molecule has 0 saturated heterocycles. The van der Waals surface area contributed by atoms with E-state index in [0.29, 0.717) is 47.4 Å². The smallest absolute Gasteiger partial charge is 0.237 e. The van der Waals surface area contributed by atoms with Gasteiger partial charge in [-0.3, -0.25) is 4.79 Å². The van der Waals surface area contributed by atoms with Crippen molar-refractivity contribution in [2.24, 2.45) is 4.99 Å². The second-order valence-electron chi connectivity index (χ2n) is 5.76. The molecule has 0 aliphatic carbocycles. The molecule has 136 valence electrons. The average Bonchev–Trinajstić information content (AvgIpc) is 2.68. The number of benzene rings is 1. The second kappa shape index (κ2) is 8.25. The maximum atomic E-state index is 13.2. The van der Waals surface area contributed by atoms with Crippen molar-refractivity contribution in [1.82, 2.24) is 0 Å². The molecule has 0 spiro atoms. The molecule has 0 amide bonds. The molecular weight excluding hydrogens is 352 g/mol. The number of nitrogens with zero attached hydrogens (tertiary/aromatic N) is 2. The standard InChI is InChI=1S/C19H20N2O4S/c1-2-20-19(26)17(21-7-3-4-13(11-21)12-22)18(23)14-5-6-15-16(10-14)25-9-8-24-15/h3-7,10-11,17,22H,2,8-9,12H2,1H3. The minimum Gasteiger partial charge on any atom is -0.758 e. The first-order valence-electron chi connectivity index (χ1n) is 8.39. The van der Waals surface area contributed by atoms with Gasteiger partial charge in [0.25, 0.3) is 0 Å². The molecule has 0 saturated carbocycles. The number of pyridine rings is 1. The van der Waals surface area contributed by atoms with Crippen LogP contribution in [-0.2, 0) is 19.2 Å². The summed E-state index contributed by atoms with van der Waals surface area (Å²) in [5.41, 5.74) is 1.15. The second-order valence-corrected chi connectivity index (χ2v) is 6.17. The Morgan fingerprint density at radius 1 is 1.31 bits per heavy atom. The van der Waals surface area contributed by atoms with Crippen molar-refractivity contribution >= 4 is 23.5 Å². The van der Waals surface area contributed by atoms with E-state index in [1.165, 1.54) is 0 Å². The minimum absolute atomic E-state index is 0.122. The number of aliphatic hydroxyl groups excluding tert-OH is 1. The van der Waals surface area contributed by atoms with Gasteiger partial charge in [-0.1, -0.05) is 0 Å². The first-order chi connectivity index (χ1) is 12.6. The Morgan fingerprint density at radius 3 is 2.81 bits per heavy atom. The third kappa shape index (κ3) is 3.84. The normalized spacial score (nSPS) is 14.8. The van der Waals surface area contributed by atoms with Crippen molar-refractivity contribution in [3.63, 3.8) is 0 Å². The van der Waals surface area contributed by atoms with Crippen LogP contribution in [0.4, 0.5) is 0 Å². The predicted octanol–water partition coefficient (Wildman–Crippen LogP) is 1.63. The van der Waals surface area contributed by atoms with Crippen LogP contribution in [0.5, 0.6) is 11.5 Å². The van der Waals surface area contributed by atoms with E-state index < -0.39 is 6.04 Å². The van der Waals surface area contributed by atoms with Crippen molar-refractivity contribution in [3.8, 4) is 11.5 Å². The van der Waals surface area contributed by atoms with Gasteiger partial charge in [-0.2, -0.15) is 4.57 Å². The molecule has 1 N–H and O–H groups in total. The van der Waals surface area contributed by atoms with Gasteiger partial charge >= 0.3 is 0 Å². The van der Waals surface area contributed by atoms with Crippen LogP contribution in [-0.4, -0.2) is 35.7 Å². The number of aromatic nitrogens is 1. The van der Waals surface area contributed by atoms with Gasteiger partial charge in [-0.25, -0.2) is 0 Å². The van der Waals surface area contributed by atoms with Crippen LogP contribution in [0.15, 0.2) is 47.7 Å². The van der Waals surface area contributed by atoms with E-state index in [0.717, 1.165) is 0 Å². The number of ketones is 1. The summed E-state index contributed by atoms with van der Waals surface area (Å²) in [6.45, 7) is 3.18. The maximum Gasteiger partial charge on any atom is 0.237 e. The van der Waals surface area contributed by atoms with Crippen molar-refractivity contribution in [2.45, 2.75) is 19.6 Å². The van der Waals surface area contributed by atoms with Gasteiger partial charge in [0, 0.05) is 23.7 Å². The predicted molar refractivity (Wildman–Crippen MR) is 98.7 cm³/mol. The lowest BCUT2D eigenvalue weighted by Gasteiger charge is -2.21. The van der Waals surface area contributed by atoms with Crippen molar-refractivity contribution in [2.75, 3.05) is 19.8 Å². The van der Waals surface area contributed by atoms with Crippen molar-refractivity contribution < 1.29 is 23.9 Å². The third-order valence-corrected chi connectivity index (χ3v) is 4.34. The van der Waals surface area contributed by atoms with Gasteiger partial charge < -0.3 is 32.2 Å². The molecule has 1 unspecified atom stereocenters. The number of carbonyl (C=O) groups excluding carboxylic acids is 1. The van der Waals surface area contributed by atoms with E-state index in [4.69, 9.17) is 22.1 Å². The molecule has 26 heavy (non-hydrogen) atoms. The van der Waals surface area contributed by atoms with Crippen LogP contribution in [0.3, 0.4) is 0 Å². The fourth-order valence-electron chi connectivity index (χ4n) is 2.77.